The molecular formula is C19H15Cl2N3O3. The van der Waals surface area contributed by atoms with Crippen molar-refractivity contribution < 1.29 is 14.3 Å². The van der Waals surface area contributed by atoms with E-state index in [1.165, 1.54) is 19.1 Å². The number of hydrogen-bond donors (Lipinski definition) is 1. The molecule has 1 amide bonds. The standard InChI is InChI=1S/C19H15Cl2N3O3/c1-12(19(26)22-14-7-3-2-6-13(14)20)27-17(25)10-9-15-18(21)23-16-8-4-5-11-24(15)16/h2-12H,1H3,(H,22,26)/b10-9+/t12-/m0/s1. The van der Waals surface area contributed by atoms with Crippen LogP contribution in [0.5, 0.6) is 0 Å². The Morgan fingerprint density at radius 3 is 2.70 bits per heavy atom. The van der Waals surface area contributed by atoms with Crippen LogP contribution in [-0.4, -0.2) is 27.4 Å². The number of amides is 1. The lowest BCUT2D eigenvalue weighted by Crippen LogP contribution is -2.29. The van der Waals surface area contributed by atoms with Crippen LogP contribution in [0.1, 0.15) is 12.6 Å². The molecule has 0 bridgehead atoms. The van der Waals surface area contributed by atoms with Crippen LogP contribution < -0.4 is 5.32 Å². The molecule has 8 heteroatoms. The van der Waals surface area contributed by atoms with E-state index in [9.17, 15) is 9.59 Å². The number of esters is 1. The molecule has 1 N–H and O–H groups in total. The maximum Gasteiger partial charge on any atom is 0.331 e. The molecule has 0 saturated carbocycles. The third-order valence-electron chi connectivity index (χ3n) is 3.69. The molecule has 1 aromatic carbocycles. The molecule has 2 heterocycles. The number of aromatic nitrogens is 2. The van der Waals surface area contributed by atoms with E-state index in [0.717, 1.165) is 0 Å². The number of pyridine rings is 1. The number of hydrogen-bond acceptors (Lipinski definition) is 4. The van der Waals surface area contributed by atoms with E-state index < -0.39 is 18.0 Å². The van der Waals surface area contributed by atoms with Crippen molar-refractivity contribution in [3.63, 3.8) is 0 Å². The van der Waals surface area contributed by atoms with Crippen molar-refractivity contribution in [3.8, 4) is 0 Å². The van der Waals surface area contributed by atoms with Gasteiger partial charge in [-0.3, -0.25) is 9.20 Å². The Morgan fingerprint density at radius 2 is 1.93 bits per heavy atom. The lowest BCUT2D eigenvalue weighted by atomic mass is 10.3. The first-order valence-electron chi connectivity index (χ1n) is 8.02. The van der Waals surface area contributed by atoms with Crippen LogP contribution >= 0.6 is 23.2 Å². The molecule has 0 unspecified atom stereocenters. The van der Waals surface area contributed by atoms with Crippen molar-refractivity contribution in [1.29, 1.82) is 0 Å². The molecule has 138 valence electrons. The van der Waals surface area contributed by atoms with E-state index in [1.54, 1.807) is 40.9 Å². The normalized spacial score (nSPS) is 12.3. The van der Waals surface area contributed by atoms with E-state index >= 15 is 0 Å². The van der Waals surface area contributed by atoms with Crippen molar-refractivity contribution >= 4 is 52.5 Å². The third-order valence-corrected chi connectivity index (χ3v) is 4.30. The Morgan fingerprint density at radius 1 is 1.19 bits per heavy atom. The second-order valence-electron chi connectivity index (χ2n) is 5.60. The number of benzene rings is 1. The van der Waals surface area contributed by atoms with Crippen molar-refractivity contribution in [2.24, 2.45) is 0 Å². The van der Waals surface area contributed by atoms with Gasteiger partial charge < -0.3 is 10.1 Å². The lowest BCUT2D eigenvalue weighted by molar-refractivity contribution is -0.148. The number of rotatable bonds is 5. The van der Waals surface area contributed by atoms with Gasteiger partial charge in [-0.25, -0.2) is 9.78 Å². The van der Waals surface area contributed by atoms with Gasteiger partial charge in [-0.2, -0.15) is 0 Å². The molecule has 2 aromatic heterocycles. The molecule has 0 radical (unpaired) electrons. The van der Waals surface area contributed by atoms with Crippen molar-refractivity contribution in [1.82, 2.24) is 9.38 Å². The van der Waals surface area contributed by atoms with Gasteiger partial charge in [0.05, 0.1) is 16.4 Å². The highest BCUT2D eigenvalue weighted by molar-refractivity contribution is 6.33. The topological polar surface area (TPSA) is 72.7 Å². The predicted molar refractivity (Wildman–Crippen MR) is 105 cm³/mol. The summed E-state index contributed by atoms with van der Waals surface area (Å²) in [5.41, 5.74) is 1.64. The molecule has 3 rings (SSSR count). The number of imidazole rings is 1. The van der Waals surface area contributed by atoms with E-state index in [0.29, 0.717) is 22.1 Å². The summed E-state index contributed by atoms with van der Waals surface area (Å²) in [5.74, 6) is -1.17. The minimum absolute atomic E-state index is 0.259. The van der Waals surface area contributed by atoms with Gasteiger partial charge in [0.25, 0.3) is 5.91 Å². The second kappa shape index (κ2) is 8.24. The number of nitrogens with one attached hydrogen (secondary N) is 1. The van der Waals surface area contributed by atoms with Gasteiger partial charge in [-0.05, 0) is 37.3 Å². The van der Waals surface area contributed by atoms with Crippen molar-refractivity contribution in [2.45, 2.75) is 13.0 Å². The smallest absolute Gasteiger partial charge is 0.331 e. The third kappa shape index (κ3) is 4.48. The summed E-state index contributed by atoms with van der Waals surface area (Å²) in [7, 11) is 0. The van der Waals surface area contributed by atoms with Crippen LogP contribution in [0.15, 0.2) is 54.7 Å². The number of halogens is 2. The highest BCUT2D eigenvalue weighted by Gasteiger charge is 2.18. The number of para-hydroxylation sites is 1. The molecule has 0 aliphatic heterocycles. The van der Waals surface area contributed by atoms with Crippen LogP contribution in [0.2, 0.25) is 10.2 Å². The summed E-state index contributed by atoms with van der Waals surface area (Å²) in [5, 5.41) is 3.26. The first kappa shape index (κ1) is 18.9. The first-order chi connectivity index (χ1) is 13.0. The molecular weight excluding hydrogens is 389 g/mol. The van der Waals surface area contributed by atoms with E-state index in [1.807, 2.05) is 12.1 Å². The Balaban J connectivity index is 1.64. The summed E-state index contributed by atoms with van der Waals surface area (Å²) in [4.78, 5) is 28.4. The zero-order chi connectivity index (χ0) is 19.4. The molecule has 0 saturated heterocycles. The minimum Gasteiger partial charge on any atom is -0.449 e. The molecule has 1 atom stereocenters. The van der Waals surface area contributed by atoms with Gasteiger partial charge >= 0.3 is 5.97 Å². The fraction of sp³-hybridized carbons (Fsp3) is 0.105. The fourth-order valence-corrected chi connectivity index (χ4v) is 2.77. The first-order valence-corrected chi connectivity index (χ1v) is 8.78. The largest absolute Gasteiger partial charge is 0.449 e. The second-order valence-corrected chi connectivity index (χ2v) is 6.36. The van der Waals surface area contributed by atoms with E-state index in [2.05, 4.69) is 10.3 Å². The zero-order valence-corrected chi connectivity index (χ0v) is 15.7. The number of anilines is 1. The van der Waals surface area contributed by atoms with Crippen molar-refractivity contribution in [3.05, 3.63) is 70.6 Å². The number of ether oxygens (including phenoxy) is 1. The quantitative estimate of drug-likeness (QED) is 0.511. The lowest BCUT2D eigenvalue weighted by Gasteiger charge is -2.13. The molecule has 6 nitrogen and oxygen atoms in total. The minimum atomic E-state index is -1.00. The van der Waals surface area contributed by atoms with Crippen LogP contribution in [0.25, 0.3) is 11.7 Å². The fourth-order valence-electron chi connectivity index (χ4n) is 2.35. The summed E-state index contributed by atoms with van der Waals surface area (Å²) in [6, 6.07) is 12.2. The van der Waals surface area contributed by atoms with E-state index in [4.69, 9.17) is 27.9 Å². The maximum absolute atomic E-state index is 12.2. The molecule has 0 aliphatic carbocycles. The Labute approximate surface area is 165 Å². The van der Waals surface area contributed by atoms with Crippen LogP contribution in [0, 0.1) is 0 Å². The maximum atomic E-state index is 12.2. The van der Waals surface area contributed by atoms with Gasteiger partial charge in [0.1, 0.15) is 5.65 Å². The highest BCUT2D eigenvalue weighted by Crippen LogP contribution is 2.21. The van der Waals surface area contributed by atoms with Gasteiger partial charge in [0.2, 0.25) is 0 Å². The molecule has 0 aliphatic rings. The average molecular weight is 404 g/mol. The summed E-state index contributed by atoms with van der Waals surface area (Å²) >= 11 is 12.1. The summed E-state index contributed by atoms with van der Waals surface area (Å²) in [6.07, 6.45) is 3.46. The van der Waals surface area contributed by atoms with Gasteiger partial charge in [-0.15, -0.1) is 0 Å². The predicted octanol–water partition coefficient (Wildman–Crippen LogP) is 4.22. The van der Waals surface area contributed by atoms with Gasteiger partial charge in [0, 0.05) is 12.3 Å². The number of fused-ring (bicyclic) bond motifs is 1. The molecule has 0 spiro atoms. The number of carbonyl (C=O) groups excluding carboxylic acids is 2. The Bertz CT molecular complexity index is 1030. The average Bonchev–Trinajstić information content (AvgIpc) is 2.97. The summed E-state index contributed by atoms with van der Waals surface area (Å²) in [6.45, 7) is 1.47. The van der Waals surface area contributed by atoms with Gasteiger partial charge in [-0.1, -0.05) is 41.4 Å². The van der Waals surface area contributed by atoms with E-state index in [-0.39, 0.29) is 5.15 Å². The van der Waals surface area contributed by atoms with Crippen LogP contribution in [0.4, 0.5) is 5.69 Å². The SMILES string of the molecule is C[C@H](OC(=O)/C=C/c1c(Cl)nc2ccccn12)C(=O)Nc1ccccc1Cl. The number of nitrogens with zero attached hydrogens (tertiary/aromatic N) is 2. The molecule has 27 heavy (non-hydrogen) atoms. The Kier molecular flexibility index (Phi) is 5.78. The van der Waals surface area contributed by atoms with Crippen LogP contribution in [0.3, 0.4) is 0 Å². The zero-order valence-electron chi connectivity index (χ0n) is 14.2. The number of carbonyl (C=O) groups is 2. The van der Waals surface area contributed by atoms with Gasteiger partial charge in [0.15, 0.2) is 11.3 Å². The molecule has 3 aromatic rings. The Hall–Kier alpha value is -2.83. The molecule has 0 fully saturated rings. The summed E-state index contributed by atoms with van der Waals surface area (Å²) < 4.78 is 6.86. The van der Waals surface area contributed by atoms with Crippen molar-refractivity contribution in [2.75, 3.05) is 5.32 Å². The monoisotopic (exact) mass is 403 g/mol. The highest BCUT2D eigenvalue weighted by atomic mass is 35.5. The van der Waals surface area contributed by atoms with Crippen LogP contribution in [-0.2, 0) is 14.3 Å².